The predicted octanol–water partition coefficient (Wildman–Crippen LogP) is 4.05. The summed E-state index contributed by atoms with van der Waals surface area (Å²) in [5.74, 6) is 1.10. The Balaban J connectivity index is 2.36. The van der Waals surface area contributed by atoms with Crippen LogP contribution < -0.4 is 5.73 Å². The standard InChI is InChI=1S/C14H15NS/c1-2-16-14-8-4-6-12(10-14)11-5-3-7-13(15)9-11/h3-10H,2,15H2,1H3. The van der Waals surface area contributed by atoms with Crippen LogP contribution in [0.2, 0.25) is 0 Å². The third-order valence-electron chi connectivity index (χ3n) is 2.37. The van der Waals surface area contributed by atoms with E-state index in [1.807, 2.05) is 30.0 Å². The summed E-state index contributed by atoms with van der Waals surface area (Å²) in [6.07, 6.45) is 0. The van der Waals surface area contributed by atoms with Crippen molar-refractivity contribution in [3.63, 3.8) is 0 Å². The van der Waals surface area contributed by atoms with Gasteiger partial charge in [0.15, 0.2) is 0 Å². The van der Waals surface area contributed by atoms with E-state index in [4.69, 9.17) is 5.73 Å². The quantitative estimate of drug-likeness (QED) is 0.634. The van der Waals surface area contributed by atoms with Gasteiger partial charge in [-0.05, 0) is 41.1 Å². The smallest absolute Gasteiger partial charge is 0.0320 e. The molecule has 0 aromatic heterocycles. The highest BCUT2D eigenvalue weighted by Crippen LogP contribution is 2.26. The van der Waals surface area contributed by atoms with Crippen molar-refractivity contribution in [3.05, 3.63) is 48.5 Å². The van der Waals surface area contributed by atoms with Crippen molar-refractivity contribution < 1.29 is 0 Å². The summed E-state index contributed by atoms with van der Waals surface area (Å²) in [5.41, 5.74) is 9.01. The average molecular weight is 229 g/mol. The molecule has 0 fully saturated rings. The third kappa shape index (κ3) is 2.58. The molecule has 0 aliphatic heterocycles. The molecule has 0 spiro atoms. The second-order valence-corrected chi connectivity index (χ2v) is 4.92. The molecule has 0 aliphatic carbocycles. The maximum atomic E-state index is 5.79. The molecule has 82 valence electrons. The van der Waals surface area contributed by atoms with E-state index in [0.29, 0.717) is 0 Å². The number of thioether (sulfide) groups is 1. The number of hydrogen-bond acceptors (Lipinski definition) is 2. The van der Waals surface area contributed by atoms with Crippen LogP contribution in [-0.2, 0) is 0 Å². The van der Waals surface area contributed by atoms with Gasteiger partial charge in [-0.2, -0.15) is 0 Å². The van der Waals surface area contributed by atoms with Gasteiger partial charge in [-0.1, -0.05) is 31.2 Å². The van der Waals surface area contributed by atoms with E-state index >= 15 is 0 Å². The molecular weight excluding hydrogens is 214 g/mol. The summed E-state index contributed by atoms with van der Waals surface area (Å²) in [4.78, 5) is 1.31. The molecule has 0 atom stereocenters. The topological polar surface area (TPSA) is 26.0 Å². The predicted molar refractivity (Wildman–Crippen MR) is 72.7 cm³/mol. The first-order valence-corrected chi connectivity index (χ1v) is 6.37. The largest absolute Gasteiger partial charge is 0.399 e. The average Bonchev–Trinajstić information content (AvgIpc) is 2.30. The van der Waals surface area contributed by atoms with Crippen LogP contribution in [0.3, 0.4) is 0 Å². The number of nitrogens with two attached hydrogens (primary N) is 1. The number of rotatable bonds is 3. The summed E-state index contributed by atoms with van der Waals surface area (Å²) in [6, 6.07) is 16.6. The molecule has 2 N–H and O–H groups in total. The van der Waals surface area contributed by atoms with Crippen LogP contribution in [-0.4, -0.2) is 5.75 Å². The fourth-order valence-electron chi connectivity index (χ4n) is 1.65. The molecule has 0 heterocycles. The van der Waals surface area contributed by atoms with Crippen LogP contribution in [0.1, 0.15) is 6.92 Å². The van der Waals surface area contributed by atoms with Crippen molar-refractivity contribution >= 4 is 17.4 Å². The number of nitrogen functional groups attached to an aromatic ring is 1. The fraction of sp³-hybridized carbons (Fsp3) is 0.143. The monoisotopic (exact) mass is 229 g/mol. The molecule has 0 aliphatic rings. The van der Waals surface area contributed by atoms with Crippen LogP contribution in [0.4, 0.5) is 5.69 Å². The molecule has 2 heteroatoms. The van der Waals surface area contributed by atoms with Crippen LogP contribution in [0.25, 0.3) is 11.1 Å². The number of benzene rings is 2. The third-order valence-corrected chi connectivity index (χ3v) is 3.24. The second kappa shape index (κ2) is 5.08. The van der Waals surface area contributed by atoms with E-state index in [1.54, 1.807) is 0 Å². The van der Waals surface area contributed by atoms with E-state index < -0.39 is 0 Å². The van der Waals surface area contributed by atoms with Gasteiger partial charge < -0.3 is 5.73 Å². The molecule has 16 heavy (non-hydrogen) atoms. The first-order valence-electron chi connectivity index (χ1n) is 5.38. The van der Waals surface area contributed by atoms with Crippen LogP contribution in [0.5, 0.6) is 0 Å². The lowest BCUT2D eigenvalue weighted by atomic mass is 10.1. The Hall–Kier alpha value is -1.41. The molecule has 0 saturated heterocycles. The fourth-order valence-corrected chi connectivity index (χ4v) is 2.37. The molecular formula is C14H15NS. The molecule has 1 nitrogen and oxygen atoms in total. The molecule has 0 radical (unpaired) electrons. The van der Waals surface area contributed by atoms with Crippen molar-refractivity contribution in [1.82, 2.24) is 0 Å². The number of anilines is 1. The van der Waals surface area contributed by atoms with Gasteiger partial charge in [-0.15, -0.1) is 11.8 Å². The second-order valence-electron chi connectivity index (χ2n) is 3.59. The summed E-state index contributed by atoms with van der Waals surface area (Å²) >= 11 is 1.86. The maximum absolute atomic E-state index is 5.79. The van der Waals surface area contributed by atoms with Gasteiger partial charge >= 0.3 is 0 Å². The molecule has 2 aromatic rings. The SMILES string of the molecule is CCSc1cccc(-c2cccc(N)c2)c1. The van der Waals surface area contributed by atoms with Crippen molar-refractivity contribution in [2.24, 2.45) is 0 Å². The lowest BCUT2D eigenvalue weighted by molar-refractivity contribution is 1.42. The van der Waals surface area contributed by atoms with Gasteiger partial charge in [0.25, 0.3) is 0 Å². The Morgan fingerprint density at radius 1 is 1.00 bits per heavy atom. The van der Waals surface area contributed by atoms with E-state index in [2.05, 4.69) is 37.3 Å². The van der Waals surface area contributed by atoms with E-state index in [9.17, 15) is 0 Å². The van der Waals surface area contributed by atoms with Crippen molar-refractivity contribution in [2.75, 3.05) is 11.5 Å². The highest BCUT2D eigenvalue weighted by Gasteiger charge is 1.99. The summed E-state index contributed by atoms with van der Waals surface area (Å²) in [6.45, 7) is 2.16. The first-order chi connectivity index (χ1) is 7.79. The van der Waals surface area contributed by atoms with Gasteiger partial charge in [0.2, 0.25) is 0 Å². The summed E-state index contributed by atoms with van der Waals surface area (Å²) in [7, 11) is 0. The van der Waals surface area contributed by atoms with Gasteiger partial charge in [-0.3, -0.25) is 0 Å². The summed E-state index contributed by atoms with van der Waals surface area (Å²) in [5, 5.41) is 0. The Kier molecular flexibility index (Phi) is 3.52. The minimum Gasteiger partial charge on any atom is -0.399 e. The highest BCUT2D eigenvalue weighted by molar-refractivity contribution is 7.99. The zero-order valence-corrected chi connectivity index (χ0v) is 10.1. The summed E-state index contributed by atoms with van der Waals surface area (Å²) < 4.78 is 0. The Morgan fingerprint density at radius 2 is 1.69 bits per heavy atom. The minimum absolute atomic E-state index is 0.811. The van der Waals surface area contributed by atoms with E-state index in [0.717, 1.165) is 11.4 Å². The van der Waals surface area contributed by atoms with Crippen molar-refractivity contribution in [3.8, 4) is 11.1 Å². The molecule has 2 aromatic carbocycles. The van der Waals surface area contributed by atoms with Crippen LogP contribution in [0.15, 0.2) is 53.4 Å². The molecule has 0 amide bonds. The van der Waals surface area contributed by atoms with Gasteiger partial charge in [-0.25, -0.2) is 0 Å². The van der Waals surface area contributed by atoms with Gasteiger partial charge in [0, 0.05) is 10.6 Å². The number of hydrogen-bond donors (Lipinski definition) is 1. The van der Waals surface area contributed by atoms with Crippen molar-refractivity contribution in [2.45, 2.75) is 11.8 Å². The Labute approximate surface area is 101 Å². The molecule has 0 saturated carbocycles. The van der Waals surface area contributed by atoms with Crippen LogP contribution >= 0.6 is 11.8 Å². The van der Waals surface area contributed by atoms with Crippen LogP contribution in [0, 0.1) is 0 Å². The zero-order valence-electron chi connectivity index (χ0n) is 9.31. The molecule has 0 unspecified atom stereocenters. The maximum Gasteiger partial charge on any atom is 0.0320 e. The van der Waals surface area contributed by atoms with E-state index in [1.165, 1.54) is 16.0 Å². The lowest BCUT2D eigenvalue weighted by Crippen LogP contribution is -1.85. The first kappa shape index (κ1) is 11.1. The zero-order chi connectivity index (χ0) is 11.4. The van der Waals surface area contributed by atoms with Crippen molar-refractivity contribution in [1.29, 1.82) is 0 Å². The Morgan fingerprint density at radius 3 is 2.38 bits per heavy atom. The molecule has 2 rings (SSSR count). The normalized spacial score (nSPS) is 10.3. The lowest BCUT2D eigenvalue weighted by Gasteiger charge is -2.05. The van der Waals surface area contributed by atoms with Gasteiger partial charge in [0.1, 0.15) is 0 Å². The Bertz CT molecular complexity index is 480. The molecule has 0 bridgehead atoms. The van der Waals surface area contributed by atoms with E-state index in [-0.39, 0.29) is 0 Å². The highest BCUT2D eigenvalue weighted by atomic mass is 32.2. The minimum atomic E-state index is 0.811. The van der Waals surface area contributed by atoms with Gasteiger partial charge in [0.05, 0.1) is 0 Å².